The Morgan fingerprint density at radius 1 is 0.667 bits per heavy atom. The number of hydrogen-bond acceptors (Lipinski definition) is 13. The monoisotopic (exact) mass is 1150 g/mol. The lowest BCUT2D eigenvalue weighted by Crippen LogP contribution is -2.33. The number of carbonyl (C=O) groups excluding carboxylic acids is 10. The van der Waals surface area contributed by atoms with Crippen molar-refractivity contribution in [2.24, 2.45) is 48.2 Å². The van der Waals surface area contributed by atoms with Gasteiger partial charge in [-0.05, 0) is 56.0 Å². The number of aromatic amines is 1. The van der Waals surface area contributed by atoms with Gasteiger partial charge in [-0.2, -0.15) is 0 Å². The minimum absolute atomic E-state index is 0.00183. The highest BCUT2D eigenvalue weighted by molar-refractivity contribution is 6.12. The molecule has 84 heavy (non-hydrogen) atoms. The summed E-state index contributed by atoms with van der Waals surface area (Å²) >= 11 is 0. The molecular weight excluding hydrogens is 1090 g/mol. The molecule has 7 aromatic heterocycles. The predicted molar refractivity (Wildman–Crippen MR) is 304 cm³/mol. The van der Waals surface area contributed by atoms with E-state index in [1.807, 2.05) is 0 Å². The summed E-state index contributed by atoms with van der Waals surface area (Å²) in [6, 6.07) is 6.15. The number of aryl methyl sites for hydroxylation is 7. The molecule has 7 aromatic rings. The lowest BCUT2D eigenvalue weighted by molar-refractivity contribution is -0.124. The van der Waals surface area contributed by atoms with Gasteiger partial charge in [0.25, 0.3) is 35.4 Å². The average molecular weight is 1150 g/mol. The Labute approximate surface area is 478 Å². The zero-order chi connectivity index (χ0) is 60.2. The fourth-order valence-electron chi connectivity index (χ4n) is 10.9. The second kappa shape index (κ2) is 21.9. The van der Waals surface area contributed by atoms with E-state index >= 15 is 0 Å². The summed E-state index contributed by atoms with van der Waals surface area (Å²) in [6.45, 7) is 3.56. The Kier molecular flexibility index (Phi) is 14.7. The predicted octanol–water partition coefficient (Wildman–Crippen LogP) is 3.94. The van der Waals surface area contributed by atoms with Crippen LogP contribution in [0.5, 0.6) is 0 Å². The van der Waals surface area contributed by atoms with E-state index in [0.29, 0.717) is 69.6 Å². The molecule has 8 amide bonds. The fourth-order valence-corrected chi connectivity index (χ4v) is 10.9. The molecule has 434 valence electrons. The summed E-state index contributed by atoms with van der Waals surface area (Å²) in [5, 5.41) is 19.0. The molecule has 1 spiro atoms. The van der Waals surface area contributed by atoms with Gasteiger partial charge in [-0.15, -0.1) is 0 Å². The highest BCUT2D eigenvalue weighted by Gasteiger charge is 2.68. The summed E-state index contributed by atoms with van der Waals surface area (Å²) in [5.41, 5.74) is 4.40. The molecule has 8 heterocycles. The zero-order valence-electron chi connectivity index (χ0n) is 47.1. The lowest BCUT2D eigenvalue weighted by Gasteiger charge is -2.27. The van der Waals surface area contributed by atoms with Gasteiger partial charge < -0.3 is 79.2 Å². The summed E-state index contributed by atoms with van der Waals surface area (Å²) in [7, 11) is 11.1. The molecule has 0 aromatic carbocycles. The first-order valence-electron chi connectivity index (χ1n) is 26.3. The number of aromatic nitrogens is 9. The summed E-state index contributed by atoms with van der Waals surface area (Å²) in [4.78, 5) is 144. The Balaban J connectivity index is 0.666. The van der Waals surface area contributed by atoms with E-state index in [4.69, 9.17) is 4.74 Å². The van der Waals surface area contributed by atoms with Gasteiger partial charge >= 0.3 is 5.97 Å². The van der Waals surface area contributed by atoms with Crippen LogP contribution in [0.3, 0.4) is 0 Å². The molecule has 28 nitrogen and oxygen atoms in total. The van der Waals surface area contributed by atoms with E-state index in [1.54, 1.807) is 95.6 Å². The number of nitrogens with zero attached hydrogens (tertiary/aromatic N) is 9. The van der Waals surface area contributed by atoms with Crippen LogP contribution in [0, 0.1) is 12.8 Å². The SMILES string of the molecule is COC(=O)c1c(C)[nH]c2c1[C@@]13C[C@@H]1CN(C(=O)/C=C/c1cc(NC(=O)c4cc(NC(=O)c5nc(NC(=O)CCCNC(=O)c6cc(NC(=O)c7cc(NC(=O)c8nc(NC(C)=O)cn8C)cn7C)cn6C)cn5C)cn4C)cn1C)C3=CC2=O. The lowest BCUT2D eigenvalue weighted by atomic mass is 9.82. The number of amides is 8. The third kappa shape index (κ3) is 10.8. The van der Waals surface area contributed by atoms with E-state index in [2.05, 4.69) is 52.2 Å². The van der Waals surface area contributed by atoms with Gasteiger partial charge in [0.15, 0.2) is 11.6 Å². The number of allylic oxidation sites excluding steroid dienone is 2. The van der Waals surface area contributed by atoms with E-state index in [0.717, 1.165) is 0 Å². The minimum atomic E-state index is -0.624. The Morgan fingerprint density at radius 2 is 1.18 bits per heavy atom. The maximum atomic E-state index is 13.7. The van der Waals surface area contributed by atoms with Crippen LogP contribution in [0.2, 0.25) is 0 Å². The smallest absolute Gasteiger partial charge is 0.340 e. The Hall–Kier alpha value is -10.8. The fraction of sp³-hybridized carbons (Fsp3) is 0.286. The number of rotatable bonds is 18. The maximum Gasteiger partial charge on any atom is 0.340 e. The summed E-state index contributed by atoms with van der Waals surface area (Å²) in [6.07, 6.45) is 14.8. The molecule has 2 aliphatic carbocycles. The maximum absolute atomic E-state index is 13.7. The third-order valence-corrected chi connectivity index (χ3v) is 14.8. The second-order valence-electron chi connectivity index (χ2n) is 20.9. The van der Waals surface area contributed by atoms with Crippen LogP contribution in [0.1, 0.15) is 117 Å². The van der Waals surface area contributed by atoms with Crippen molar-refractivity contribution < 1.29 is 52.7 Å². The van der Waals surface area contributed by atoms with Crippen molar-refractivity contribution >= 4 is 99.5 Å². The van der Waals surface area contributed by atoms with Gasteiger partial charge in [0.2, 0.25) is 29.2 Å². The highest BCUT2D eigenvalue weighted by atomic mass is 16.5. The Morgan fingerprint density at radius 3 is 1.73 bits per heavy atom. The summed E-state index contributed by atoms with van der Waals surface area (Å²) < 4.78 is 14.3. The number of imidazole rings is 2. The third-order valence-electron chi connectivity index (χ3n) is 14.8. The minimum Gasteiger partial charge on any atom is -0.465 e. The summed E-state index contributed by atoms with van der Waals surface area (Å²) in [5.74, 6) is -4.21. The van der Waals surface area contributed by atoms with Crippen LogP contribution in [-0.4, -0.2) is 126 Å². The highest BCUT2D eigenvalue weighted by Crippen LogP contribution is 2.67. The van der Waals surface area contributed by atoms with E-state index in [9.17, 15) is 47.9 Å². The number of ether oxygens (including phenoxy) is 1. The quantitative estimate of drug-likeness (QED) is 0.0343. The number of ketones is 1. The molecule has 3 aliphatic rings. The number of anilines is 6. The first-order chi connectivity index (χ1) is 39.9. The number of likely N-dealkylation sites (tertiary alicyclic amines) is 1. The number of nitrogens with one attached hydrogen (secondary N) is 8. The molecule has 1 aliphatic heterocycles. The number of esters is 1. The van der Waals surface area contributed by atoms with Crippen LogP contribution >= 0.6 is 0 Å². The zero-order valence-corrected chi connectivity index (χ0v) is 47.1. The second-order valence-corrected chi connectivity index (χ2v) is 20.9. The molecule has 0 bridgehead atoms. The van der Waals surface area contributed by atoms with Gasteiger partial charge in [0, 0.05) is 146 Å². The van der Waals surface area contributed by atoms with Crippen LogP contribution in [0.25, 0.3) is 6.08 Å². The number of piperidine rings is 1. The van der Waals surface area contributed by atoms with Crippen molar-refractivity contribution in [2.75, 3.05) is 52.1 Å². The average Bonchev–Trinajstić information content (AvgIpc) is 2.36. The standard InChI is InChI=1S/C56H59N17O11/c1-28-45(55(83)84-9)46-47(58-28)39(75)19-40-56(46)20-30(56)21-73(40)44(77)13-12-35-15-31(22-67(35)3)60-51(79)37-17-33(24-69(37)5)63-54(82)49-66-42(27-72(49)8)64-43(76)11-10-14-57-50(78)36-16-32(23-68(36)4)61-52(80)38-18-34(25-70(38)6)62-53(81)48-65-41(26-71(48)7)59-29(2)74/h12-13,15-19,22-27,30,58H,10-11,14,20-21H2,1-9H3,(H,57,78)(H,59,74)(H,60,79)(H,61,80)(H,62,81)(H,63,82)(H,64,76)/b13-12+/t30-,56+/m1/s1. The first kappa shape index (κ1) is 56.5. The van der Waals surface area contributed by atoms with E-state index < -0.39 is 46.8 Å². The van der Waals surface area contributed by atoms with Crippen molar-refractivity contribution in [3.63, 3.8) is 0 Å². The van der Waals surface area contributed by atoms with Crippen molar-refractivity contribution in [1.29, 1.82) is 0 Å². The molecular formula is C56H59N17O11. The molecule has 10 rings (SSSR count). The van der Waals surface area contributed by atoms with Gasteiger partial charge in [-0.25, -0.2) is 14.8 Å². The van der Waals surface area contributed by atoms with Crippen molar-refractivity contribution in [3.8, 4) is 0 Å². The number of H-pyrrole nitrogens is 1. The van der Waals surface area contributed by atoms with Crippen LogP contribution in [-0.2, 0) is 66.8 Å². The first-order valence-corrected chi connectivity index (χ1v) is 26.3. The van der Waals surface area contributed by atoms with Gasteiger partial charge in [0.05, 0.1) is 41.1 Å². The van der Waals surface area contributed by atoms with Crippen LogP contribution in [0.4, 0.5) is 34.4 Å². The number of fused-ring (bicyclic) bond motifs is 1. The molecule has 2 fully saturated rings. The number of methoxy groups -OCH3 is 1. The van der Waals surface area contributed by atoms with Crippen LogP contribution < -0.4 is 37.2 Å². The van der Waals surface area contributed by atoms with Crippen LogP contribution in [0.15, 0.2) is 79.3 Å². The van der Waals surface area contributed by atoms with E-state index in [-0.39, 0.29) is 83.3 Å². The molecule has 28 heteroatoms. The molecule has 8 N–H and O–H groups in total. The number of hydrogen-bond donors (Lipinski definition) is 8. The topological polar surface area (TPSA) is 339 Å². The molecule has 1 saturated heterocycles. The van der Waals surface area contributed by atoms with Gasteiger partial charge in [-0.3, -0.25) is 43.2 Å². The molecule has 1 saturated carbocycles. The molecule has 0 unspecified atom stereocenters. The van der Waals surface area contributed by atoms with Crippen molar-refractivity contribution in [1.82, 2.24) is 52.6 Å². The number of carbonyl (C=O) groups is 10. The van der Waals surface area contributed by atoms with Gasteiger partial charge in [-0.1, -0.05) is 0 Å². The van der Waals surface area contributed by atoms with Gasteiger partial charge in [0.1, 0.15) is 17.1 Å². The largest absolute Gasteiger partial charge is 0.465 e. The molecule has 0 radical (unpaired) electrons. The van der Waals surface area contributed by atoms with Crippen molar-refractivity contribution in [3.05, 3.63) is 136 Å². The normalized spacial score (nSPS) is 15.6. The van der Waals surface area contributed by atoms with E-state index in [1.165, 1.54) is 79.6 Å². The van der Waals surface area contributed by atoms with Crippen molar-refractivity contribution in [2.45, 2.75) is 38.5 Å². The Bertz CT molecular complexity index is 4040. The molecule has 2 atom stereocenters.